The minimum atomic E-state index is -0.208. The van der Waals surface area contributed by atoms with Gasteiger partial charge in [-0.15, -0.1) is 0 Å². The summed E-state index contributed by atoms with van der Waals surface area (Å²) in [7, 11) is 1.73. The number of morpholine rings is 1. The van der Waals surface area contributed by atoms with Crippen LogP contribution in [0.25, 0.3) is 6.08 Å². The first-order valence-corrected chi connectivity index (χ1v) is 10.6. The Morgan fingerprint density at radius 2 is 1.84 bits per heavy atom. The molecule has 0 unspecified atom stereocenters. The molecule has 0 aliphatic carbocycles. The minimum Gasteiger partial charge on any atom is -0.449 e. The van der Waals surface area contributed by atoms with Crippen molar-refractivity contribution in [2.75, 3.05) is 51.3 Å². The third-order valence-electron chi connectivity index (χ3n) is 5.47. The molecule has 0 radical (unpaired) electrons. The van der Waals surface area contributed by atoms with Gasteiger partial charge in [0.25, 0.3) is 11.8 Å². The molecular formula is C24H27N3O4. The van der Waals surface area contributed by atoms with Gasteiger partial charge in [-0.05, 0) is 48.9 Å². The normalized spacial score (nSPS) is 17.9. The molecule has 2 aromatic rings. The van der Waals surface area contributed by atoms with E-state index in [9.17, 15) is 9.59 Å². The lowest BCUT2D eigenvalue weighted by atomic mass is 10.1. The molecule has 2 aliphatic rings. The van der Waals surface area contributed by atoms with Crippen molar-refractivity contribution in [3.05, 3.63) is 65.4 Å². The molecule has 4 rings (SSSR count). The van der Waals surface area contributed by atoms with Crippen molar-refractivity contribution in [2.24, 2.45) is 0 Å². The number of nitrogens with one attached hydrogen (secondary N) is 1. The predicted octanol–water partition coefficient (Wildman–Crippen LogP) is 2.54. The van der Waals surface area contributed by atoms with Crippen LogP contribution in [0.4, 0.5) is 5.69 Å². The molecule has 1 N–H and O–H groups in total. The van der Waals surface area contributed by atoms with Crippen LogP contribution in [0.5, 0.6) is 5.75 Å². The van der Waals surface area contributed by atoms with Crippen molar-refractivity contribution >= 4 is 23.6 Å². The van der Waals surface area contributed by atoms with Crippen molar-refractivity contribution in [1.29, 1.82) is 0 Å². The smallest absolute Gasteiger partial charge is 0.293 e. The highest BCUT2D eigenvalue weighted by molar-refractivity contribution is 6.09. The van der Waals surface area contributed by atoms with Gasteiger partial charge in [-0.25, -0.2) is 0 Å². The molecule has 0 spiro atoms. The predicted molar refractivity (Wildman–Crippen MR) is 119 cm³/mol. The summed E-state index contributed by atoms with van der Waals surface area (Å²) in [4.78, 5) is 28.9. The Labute approximate surface area is 182 Å². The van der Waals surface area contributed by atoms with Crippen molar-refractivity contribution in [3.8, 4) is 5.75 Å². The third-order valence-corrected chi connectivity index (χ3v) is 5.47. The molecule has 0 bridgehead atoms. The van der Waals surface area contributed by atoms with Crippen LogP contribution in [-0.2, 0) is 9.53 Å². The van der Waals surface area contributed by atoms with E-state index in [1.54, 1.807) is 30.2 Å². The first-order valence-electron chi connectivity index (χ1n) is 10.6. The Morgan fingerprint density at radius 3 is 2.61 bits per heavy atom. The zero-order valence-corrected chi connectivity index (χ0v) is 17.7. The van der Waals surface area contributed by atoms with Crippen LogP contribution >= 0.6 is 0 Å². The maximum Gasteiger partial charge on any atom is 0.293 e. The van der Waals surface area contributed by atoms with Gasteiger partial charge in [-0.1, -0.05) is 24.3 Å². The van der Waals surface area contributed by atoms with E-state index >= 15 is 0 Å². The number of para-hydroxylation sites is 2. The first kappa shape index (κ1) is 21.1. The van der Waals surface area contributed by atoms with E-state index in [4.69, 9.17) is 9.47 Å². The van der Waals surface area contributed by atoms with Crippen LogP contribution in [0, 0.1) is 0 Å². The Hall–Kier alpha value is -3.16. The molecule has 0 saturated carbocycles. The molecule has 162 valence electrons. The van der Waals surface area contributed by atoms with E-state index in [1.807, 2.05) is 36.4 Å². The molecule has 7 nitrogen and oxygen atoms in total. The average Bonchev–Trinajstić information content (AvgIpc) is 2.81. The van der Waals surface area contributed by atoms with E-state index in [-0.39, 0.29) is 17.6 Å². The molecule has 0 aromatic heterocycles. The van der Waals surface area contributed by atoms with E-state index in [2.05, 4.69) is 10.2 Å². The number of ether oxygens (including phenoxy) is 2. The Balaban J connectivity index is 1.32. The van der Waals surface area contributed by atoms with E-state index in [1.165, 1.54) is 0 Å². The van der Waals surface area contributed by atoms with Crippen LogP contribution in [0.2, 0.25) is 0 Å². The highest BCUT2D eigenvalue weighted by Gasteiger charge is 2.27. The lowest BCUT2D eigenvalue weighted by Gasteiger charge is -2.27. The second-order valence-electron chi connectivity index (χ2n) is 7.63. The van der Waals surface area contributed by atoms with Crippen LogP contribution in [-0.4, -0.2) is 63.2 Å². The number of anilines is 1. The van der Waals surface area contributed by atoms with Gasteiger partial charge in [-0.3, -0.25) is 14.5 Å². The van der Waals surface area contributed by atoms with Crippen molar-refractivity contribution in [1.82, 2.24) is 10.2 Å². The van der Waals surface area contributed by atoms with Gasteiger partial charge in [0, 0.05) is 32.2 Å². The standard InChI is InChI=1S/C24H27N3O4/c1-26-20-5-2-3-6-21(20)31-22(24(26)29)17-18-7-9-19(10-8-18)23(28)25-11-4-12-27-13-15-30-16-14-27/h2-3,5-10,17H,4,11-16H2,1H3,(H,25,28)/b22-17-. The Morgan fingerprint density at radius 1 is 1.10 bits per heavy atom. The van der Waals surface area contributed by atoms with E-state index in [0.717, 1.165) is 50.5 Å². The van der Waals surface area contributed by atoms with Gasteiger partial charge >= 0.3 is 0 Å². The van der Waals surface area contributed by atoms with Gasteiger partial charge in [0.2, 0.25) is 0 Å². The largest absolute Gasteiger partial charge is 0.449 e. The zero-order chi connectivity index (χ0) is 21.6. The summed E-state index contributed by atoms with van der Waals surface area (Å²) < 4.78 is 11.1. The number of likely N-dealkylation sites (N-methyl/N-ethyl adjacent to an activating group) is 1. The lowest BCUT2D eigenvalue weighted by Crippen LogP contribution is -2.38. The minimum absolute atomic E-state index is 0.0974. The topological polar surface area (TPSA) is 71.1 Å². The van der Waals surface area contributed by atoms with E-state index < -0.39 is 0 Å². The summed E-state index contributed by atoms with van der Waals surface area (Å²) >= 11 is 0. The van der Waals surface area contributed by atoms with Crippen LogP contribution in [0.15, 0.2) is 54.3 Å². The first-order chi connectivity index (χ1) is 15.1. The molecule has 2 aliphatic heterocycles. The number of fused-ring (bicyclic) bond motifs is 1. The Bertz CT molecular complexity index is 965. The second-order valence-corrected chi connectivity index (χ2v) is 7.63. The quantitative estimate of drug-likeness (QED) is 0.573. The number of carbonyl (C=O) groups excluding carboxylic acids is 2. The van der Waals surface area contributed by atoms with Crippen LogP contribution in [0.3, 0.4) is 0 Å². The molecule has 2 amide bonds. The lowest BCUT2D eigenvalue weighted by molar-refractivity contribution is -0.117. The summed E-state index contributed by atoms with van der Waals surface area (Å²) in [6.45, 7) is 5.08. The number of benzene rings is 2. The van der Waals surface area contributed by atoms with Gasteiger partial charge in [-0.2, -0.15) is 0 Å². The summed E-state index contributed by atoms with van der Waals surface area (Å²) in [5, 5.41) is 2.97. The number of hydrogen-bond acceptors (Lipinski definition) is 5. The number of amides is 2. The molecule has 31 heavy (non-hydrogen) atoms. The van der Waals surface area contributed by atoms with Gasteiger partial charge in [0.1, 0.15) is 0 Å². The number of rotatable bonds is 6. The molecule has 1 fully saturated rings. The molecule has 1 saturated heterocycles. The summed E-state index contributed by atoms with van der Waals surface area (Å²) in [5.74, 6) is 0.589. The summed E-state index contributed by atoms with van der Waals surface area (Å²) in [6, 6.07) is 14.6. The van der Waals surface area contributed by atoms with Crippen molar-refractivity contribution in [3.63, 3.8) is 0 Å². The van der Waals surface area contributed by atoms with Crippen LogP contribution in [0.1, 0.15) is 22.3 Å². The summed E-state index contributed by atoms with van der Waals surface area (Å²) in [6.07, 6.45) is 2.60. The molecule has 7 heteroatoms. The number of nitrogens with zero attached hydrogens (tertiary/aromatic N) is 2. The average molecular weight is 421 g/mol. The second kappa shape index (κ2) is 9.76. The fraction of sp³-hybridized carbons (Fsp3) is 0.333. The fourth-order valence-electron chi connectivity index (χ4n) is 3.66. The van der Waals surface area contributed by atoms with Gasteiger partial charge in [0.15, 0.2) is 11.5 Å². The Kier molecular flexibility index (Phi) is 6.64. The maximum absolute atomic E-state index is 12.6. The van der Waals surface area contributed by atoms with Crippen LogP contribution < -0.4 is 15.0 Å². The maximum atomic E-state index is 12.6. The highest BCUT2D eigenvalue weighted by atomic mass is 16.5. The molecule has 2 heterocycles. The highest BCUT2D eigenvalue weighted by Crippen LogP contribution is 2.34. The molecular weight excluding hydrogens is 394 g/mol. The van der Waals surface area contributed by atoms with Gasteiger partial charge in [0.05, 0.1) is 18.9 Å². The monoisotopic (exact) mass is 421 g/mol. The van der Waals surface area contributed by atoms with Crippen molar-refractivity contribution < 1.29 is 19.1 Å². The number of carbonyl (C=O) groups is 2. The fourth-order valence-corrected chi connectivity index (χ4v) is 3.66. The molecule has 0 atom stereocenters. The zero-order valence-electron chi connectivity index (χ0n) is 17.7. The molecule has 2 aromatic carbocycles. The summed E-state index contributed by atoms with van der Waals surface area (Å²) in [5.41, 5.74) is 2.12. The number of hydrogen-bond donors (Lipinski definition) is 1. The van der Waals surface area contributed by atoms with Crippen molar-refractivity contribution in [2.45, 2.75) is 6.42 Å². The SMILES string of the molecule is CN1C(=O)/C(=C/c2ccc(C(=O)NCCCN3CCOCC3)cc2)Oc2ccccc21. The van der Waals surface area contributed by atoms with Gasteiger partial charge < -0.3 is 19.7 Å². The van der Waals surface area contributed by atoms with E-state index in [0.29, 0.717) is 17.9 Å². The third kappa shape index (κ3) is 5.13.